The smallest absolute Gasteiger partial charge is 0.274 e. The molecule has 120 valence electrons. The predicted molar refractivity (Wildman–Crippen MR) is 89.4 cm³/mol. The number of hydrogen-bond acceptors (Lipinski definition) is 4. The van der Waals surface area contributed by atoms with Crippen LogP contribution in [-0.4, -0.2) is 20.6 Å². The molecule has 0 saturated heterocycles. The van der Waals surface area contributed by atoms with Crippen LogP contribution in [0.3, 0.4) is 0 Å². The molecule has 0 unspecified atom stereocenters. The molecular formula is C17H14N4O3. The van der Waals surface area contributed by atoms with Gasteiger partial charge in [0.25, 0.3) is 11.6 Å². The van der Waals surface area contributed by atoms with Crippen molar-refractivity contribution in [2.45, 2.75) is 6.92 Å². The van der Waals surface area contributed by atoms with Gasteiger partial charge in [-0.1, -0.05) is 24.3 Å². The molecule has 0 radical (unpaired) electrons. The van der Waals surface area contributed by atoms with Crippen molar-refractivity contribution in [1.82, 2.24) is 9.78 Å². The van der Waals surface area contributed by atoms with Crippen LogP contribution < -0.4 is 5.32 Å². The summed E-state index contributed by atoms with van der Waals surface area (Å²) in [6.07, 6.45) is 3.05. The van der Waals surface area contributed by atoms with Gasteiger partial charge in [-0.2, -0.15) is 5.10 Å². The van der Waals surface area contributed by atoms with Gasteiger partial charge < -0.3 is 5.32 Å². The van der Waals surface area contributed by atoms with Crippen LogP contribution in [0.5, 0.6) is 0 Å². The highest BCUT2D eigenvalue weighted by atomic mass is 16.6. The summed E-state index contributed by atoms with van der Waals surface area (Å²) in [6.45, 7) is 1.65. The highest BCUT2D eigenvalue weighted by molar-refractivity contribution is 6.04. The summed E-state index contributed by atoms with van der Waals surface area (Å²) in [5.41, 5.74) is 2.07. The molecule has 1 N–H and O–H groups in total. The van der Waals surface area contributed by atoms with Gasteiger partial charge in [0.05, 0.1) is 22.4 Å². The standard InChI is InChI=1S/C17H14N4O3/c1-12-7-8-14(9-16(12)21(23)24)19-17(22)13-10-18-20(11-13)15-5-3-2-4-6-15/h2-11H,1H3,(H,19,22). The van der Waals surface area contributed by atoms with Crippen LogP contribution in [0, 0.1) is 17.0 Å². The molecule has 2 aromatic carbocycles. The number of carbonyl (C=O) groups is 1. The molecule has 0 bridgehead atoms. The number of anilines is 1. The molecule has 24 heavy (non-hydrogen) atoms. The summed E-state index contributed by atoms with van der Waals surface area (Å²) in [5, 5.41) is 17.8. The van der Waals surface area contributed by atoms with E-state index in [-0.39, 0.29) is 11.6 Å². The molecule has 0 atom stereocenters. The Labute approximate surface area is 137 Å². The summed E-state index contributed by atoms with van der Waals surface area (Å²) in [5.74, 6) is -0.379. The van der Waals surface area contributed by atoms with Crippen molar-refractivity contribution >= 4 is 17.3 Å². The van der Waals surface area contributed by atoms with E-state index in [1.807, 2.05) is 30.3 Å². The molecule has 0 fully saturated rings. The average molecular weight is 322 g/mol. The van der Waals surface area contributed by atoms with Crippen molar-refractivity contribution < 1.29 is 9.72 Å². The fourth-order valence-corrected chi connectivity index (χ4v) is 2.25. The maximum atomic E-state index is 12.3. The monoisotopic (exact) mass is 322 g/mol. The molecular weight excluding hydrogens is 308 g/mol. The third kappa shape index (κ3) is 3.14. The van der Waals surface area contributed by atoms with Crippen molar-refractivity contribution in [3.63, 3.8) is 0 Å². The van der Waals surface area contributed by atoms with E-state index in [9.17, 15) is 14.9 Å². The van der Waals surface area contributed by atoms with Crippen LogP contribution in [0.4, 0.5) is 11.4 Å². The number of nitro groups is 1. The highest BCUT2D eigenvalue weighted by Crippen LogP contribution is 2.22. The number of amides is 1. The van der Waals surface area contributed by atoms with E-state index in [4.69, 9.17) is 0 Å². The number of nitrogens with zero attached hydrogens (tertiary/aromatic N) is 3. The number of aromatic nitrogens is 2. The van der Waals surface area contributed by atoms with Gasteiger partial charge in [-0.05, 0) is 25.1 Å². The number of rotatable bonds is 4. The maximum absolute atomic E-state index is 12.3. The average Bonchev–Trinajstić information content (AvgIpc) is 3.07. The summed E-state index contributed by atoms with van der Waals surface area (Å²) in [7, 11) is 0. The fraction of sp³-hybridized carbons (Fsp3) is 0.0588. The number of hydrogen-bond donors (Lipinski definition) is 1. The van der Waals surface area contributed by atoms with E-state index in [1.165, 1.54) is 12.3 Å². The highest BCUT2D eigenvalue weighted by Gasteiger charge is 2.14. The second-order valence-corrected chi connectivity index (χ2v) is 5.22. The number of aryl methyl sites for hydroxylation is 1. The van der Waals surface area contributed by atoms with Crippen LogP contribution >= 0.6 is 0 Å². The van der Waals surface area contributed by atoms with Crippen LogP contribution in [0.2, 0.25) is 0 Å². The lowest BCUT2D eigenvalue weighted by Gasteiger charge is -2.05. The summed E-state index contributed by atoms with van der Waals surface area (Å²) in [6, 6.07) is 14.0. The van der Waals surface area contributed by atoms with Gasteiger partial charge in [-0.25, -0.2) is 4.68 Å². The van der Waals surface area contributed by atoms with Gasteiger partial charge >= 0.3 is 0 Å². The first-order chi connectivity index (χ1) is 11.5. The molecule has 0 aliphatic rings. The van der Waals surface area contributed by atoms with Crippen LogP contribution in [0.1, 0.15) is 15.9 Å². The van der Waals surface area contributed by atoms with Crippen molar-refractivity contribution in [1.29, 1.82) is 0 Å². The minimum atomic E-state index is -0.474. The second kappa shape index (κ2) is 6.33. The first-order valence-electron chi connectivity index (χ1n) is 7.21. The van der Waals surface area contributed by atoms with Gasteiger partial charge in [-0.3, -0.25) is 14.9 Å². The van der Waals surface area contributed by atoms with Crippen molar-refractivity contribution in [2.24, 2.45) is 0 Å². The molecule has 0 aliphatic carbocycles. The molecule has 7 heteroatoms. The zero-order valence-corrected chi connectivity index (χ0v) is 12.8. The number of nitro benzene ring substituents is 1. The van der Waals surface area contributed by atoms with Crippen LogP contribution in [0.25, 0.3) is 5.69 Å². The zero-order valence-electron chi connectivity index (χ0n) is 12.8. The SMILES string of the molecule is Cc1ccc(NC(=O)c2cnn(-c3ccccc3)c2)cc1[N+](=O)[O-]. The van der Waals surface area contributed by atoms with Gasteiger partial charge in [0.1, 0.15) is 0 Å². The Balaban J connectivity index is 1.80. The molecule has 1 heterocycles. The van der Waals surface area contributed by atoms with E-state index in [0.717, 1.165) is 5.69 Å². The molecule has 1 amide bonds. The Morgan fingerprint density at radius 2 is 1.96 bits per heavy atom. The lowest BCUT2D eigenvalue weighted by atomic mass is 10.2. The van der Waals surface area contributed by atoms with Crippen LogP contribution in [0.15, 0.2) is 60.9 Å². The van der Waals surface area contributed by atoms with Crippen molar-refractivity contribution in [3.05, 3.63) is 82.2 Å². The van der Waals surface area contributed by atoms with Gasteiger partial charge in [0.2, 0.25) is 0 Å². The lowest BCUT2D eigenvalue weighted by molar-refractivity contribution is -0.385. The molecule has 3 rings (SSSR count). The predicted octanol–water partition coefficient (Wildman–Crippen LogP) is 3.34. The molecule has 0 spiro atoms. The second-order valence-electron chi connectivity index (χ2n) is 5.22. The number of benzene rings is 2. The van der Waals surface area contributed by atoms with Gasteiger partial charge in [-0.15, -0.1) is 0 Å². The fourth-order valence-electron chi connectivity index (χ4n) is 2.25. The number of carbonyl (C=O) groups excluding carboxylic acids is 1. The third-order valence-corrected chi connectivity index (χ3v) is 3.53. The largest absolute Gasteiger partial charge is 0.322 e. The topological polar surface area (TPSA) is 90.1 Å². The van der Waals surface area contributed by atoms with Gasteiger partial charge in [0, 0.05) is 23.5 Å². The Morgan fingerprint density at radius 3 is 2.67 bits per heavy atom. The van der Waals surface area contributed by atoms with Gasteiger partial charge in [0.15, 0.2) is 0 Å². The minimum absolute atomic E-state index is 0.0345. The first-order valence-corrected chi connectivity index (χ1v) is 7.21. The zero-order chi connectivity index (χ0) is 17.1. The van der Waals surface area contributed by atoms with E-state index < -0.39 is 4.92 Å². The Bertz CT molecular complexity index is 903. The Hall–Kier alpha value is -3.48. The number of para-hydroxylation sites is 1. The number of nitrogens with one attached hydrogen (secondary N) is 1. The summed E-state index contributed by atoms with van der Waals surface area (Å²) < 4.78 is 1.59. The van der Waals surface area contributed by atoms with Crippen LogP contribution in [-0.2, 0) is 0 Å². The normalized spacial score (nSPS) is 10.4. The minimum Gasteiger partial charge on any atom is -0.322 e. The van der Waals surface area contributed by atoms with E-state index >= 15 is 0 Å². The van der Waals surface area contributed by atoms with Crippen molar-refractivity contribution in [3.8, 4) is 5.69 Å². The molecule has 7 nitrogen and oxygen atoms in total. The summed E-state index contributed by atoms with van der Waals surface area (Å²) >= 11 is 0. The van der Waals surface area contributed by atoms with E-state index in [1.54, 1.807) is 29.9 Å². The van der Waals surface area contributed by atoms with Crippen molar-refractivity contribution in [2.75, 3.05) is 5.32 Å². The Morgan fingerprint density at radius 1 is 1.21 bits per heavy atom. The first kappa shape index (κ1) is 15.4. The third-order valence-electron chi connectivity index (χ3n) is 3.53. The van der Waals surface area contributed by atoms with E-state index in [2.05, 4.69) is 10.4 Å². The molecule has 0 aliphatic heterocycles. The molecule has 3 aromatic rings. The summed E-state index contributed by atoms with van der Waals surface area (Å²) in [4.78, 5) is 22.8. The molecule has 0 saturated carbocycles. The lowest BCUT2D eigenvalue weighted by Crippen LogP contribution is -2.11. The Kier molecular flexibility index (Phi) is 4.07. The maximum Gasteiger partial charge on any atom is 0.274 e. The molecule has 1 aromatic heterocycles. The quantitative estimate of drug-likeness (QED) is 0.589. The van der Waals surface area contributed by atoms with E-state index in [0.29, 0.717) is 16.8 Å².